The van der Waals surface area contributed by atoms with Gasteiger partial charge >= 0.3 is 5.97 Å². The van der Waals surface area contributed by atoms with Crippen molar-refractivity contribution in [3.8, 4) is 17.6 Å². The van der Waals surface area contributed by atoms with Gasteiger partial charge in [-0.15, -0.1) is 16.9 Å². The Morgan fingerprint density at radius 2 is 1.91 bits per heavy atom. The van der Waals surface area contributed by atoms with Gasteiger partial charge in [0.2, 0.25) is 0 Å². The van der Waals surface area contributed by atoms with E-state index in [9.17, 15) is 4.79 Å². The van der Waals surface area contributed by atoms with E-state index >= 15 is 0 Å². The maximum absolute atomic E-state index is 11.7. The largest absolute Gasteiger partial charge is 0.493 e. The number of hydrogen-bond donors (Lipinski definition) is 0. The van der Waals surface area contributed by atoms with Crippen molar-refractivity contribution in [2.75, 3.05) is 19.0 Å². The second-order valence-electron chi connectivity index (χ2n) is 8.98. The third kappa shape index (κ3) is 7.24. The topological polar surface area (TPSA) is 61.3 Å². The van der Waals surface area contributed by atoms with Crippen molar-refractivity contribution in [2.24, 2.45) is 0 Å². The lowest BCUT2D eigenvalue weighted by Gasteiger charge is -2.38. The van der Waals surface area contributed by atoms with Crippen LogP contribution in [0.1, 0.15) is 95.2 Å². The van der Waals surface area contributed by atoms with Crippen LogP contribution in [0.4, 0.5) is 0 Å². The summed E-state index contributed by atoms with van der Waals surface area (Å²) < 4.78 is 11.1. The molecule has 1 aliphatic rings. The Balaban J connectivity index is 1.88. The van der Waals surface area contributed by atoms with Crippen molar-refractivity contribution in [1.29, 1.82) is 0 Å². The lowest BCUT2D eigenvalue weighted by atomic mass is 9.71. The molecule has 1 aromatic carbocycles. The summed E-state index contributed by atoms with van der Waals surface area (Å²) in [5.41, 5.74) is 3.62. The molecule has 35 heavy (non-hydrogen) atoms. The maximum Gasteiger partial charge on any atom is 0.311 e. The monoisotopic (exact) mass is 494 g/mol. The van der Waals surface area contributed by atoms with Gasteiger partial charge in [-0.25, -0.2) is 0 Å². The number of aromatic nitrogens is 2. The molecule has 0 saturated heterocycles. The zero-order chi connectivity index (χ0) is 25.1. The average Bonchev–Trinajstić information content (AvgIpc) is 2.87. The lowest BCUT2D eigenvalue weighted by Crippen LogP contribution is -2.32. The fourth-order valence-electron chi connectivity index (χ4n) is 4.51. The van der Waals surface area contributed by atoms with Gasteiger partial charge in [-0.3, -0.25) is 4.79 Å². The van der Waals surface area contributed by atoms with Crippen LogP contribution >= 0.6 is 11.8 Å². The molecule has 1 aliphatic heterocycles. The predicted octanol–water partition coefficient (Wildman–Crippen LogP) is 6.49. The molecular weight excluding hydrogens is 456 g/mol. The molecule has 0 saturated carbocycles. The highest BCUT2D eigenvalue weighted by atomic mass is 32.2. The number of carbonyl (C=O) groups excluding carboxylic acids is 1. The standard InChI is InChI=1S/C29H38N2O3S/c1-5-9-10-11-18-35-27-21-26-25(29(6-2,7-3)16-17-34-26)19-22(27)12-13-23-14-15-24(31-30-23)20-28(32)33-8-4/h14-15,19,21H,5-11,16-18,20H2,1-4H3. The van der Waals surface area contributed by atoms with Crippen LogP contribution in [0.5, 0.6) is 5.75 Å². The van der Waals surface area contributed by atoms with Crippen molar-refractivity contribution in [3.63, 3.8) is 0 Å². The zero-order valence-corrected chi connectivity index (χ0v) is 22.4. The van der Waals surface area contributed by atoms with Gasteiger partial charge in [-0.05, 0) is 68.5 Å². The van der Waals surface area contributed by atoms with E-state index in [1.807, 2.05) is 17.8 Å². The van der Waals surface area contributed by atoms with E-state index in [0.717, 1.165) is 42.9 Å². The number of thioether (sulfide) groups is 1. The Morgan fingerprint density at radius 1 is 1.09 bits per heavy atom. The van der Waals surface area contributed by atoms with Crippen LogP contribution in [0, 0.1) is 11.8 Å². The molecule has 188 valence electrons. The lowest BCUT2D eigenvalue weighted by molar-refractivity contribution is -0.142. The van der Waals surface area contributed by atoms with Crippen LogP contribution in [-0.4, -0.2) is 35.1 Å². The van der Waals surface area contributed by atoms with Gasteiger partial charge in [0.1, 0.15) is 11.4 Å². The van der Waals surface area contributed by atoms with Gasteiger partial charge in [-0.1, -0.05) is 46.0 Å². The summed E-state index contributed by atoms with van der Waals surface area (Å²) in [7, 11) is 0. The van der Waals surface area contributed by atoms with Crippen molar-refractivity contribution in [1.82, 2.24) is 10.2 Å². The Morgan fingerprint density at radius 3 is 2.60 bits per heavy atom. The first-order valence-electron chi connectivity index (χ1n) is 13.0. The summed E-state index contributed by atoms with van der Waals surface area (Å²) in [6.07, 6.45) is 8.31. The maximum atomic E-state index is 11.7. The van der Waals surface area contributed by atoms with Crippen LogP contribution in [0.25, 0.3) is 0 Å². The molecule has 0 spiro atoms. The fraction of sp³-hybridized carbons (Fsp3) is 0.552. The summed E-state index contributed by atoms with van der Waals surface area (Å²) in [5.74, 6) is 8.36. The SMILES string of the molecule is CCCCCCSc1cc2c(cc1C#Cc1ccc(CC(=O)OCC)nn1)C(CC)(CC)CCO2. The minimum Gasteiger partial charge on any atom is -0.493 e. The van der Waals surface area contributed by atoms with E-state index in [0.29, 0.717) is 18.0 Å². The number of ether oxygens (including phenoxy) is 2. The molecule has 6 heteroatoms. The number of rotatable bonds is 11. The third-order valence-corrected chi connectivity index (χ3v) is 7.92. The Hall–Kier alpha value is -2.52. The predicted molar refractivity (Wildman–Crippen MR) is 142 cm³/mol. The molecule has 0 amide bonds. The molecule has 0 unspecified atom stereocenters. The molecule has 2 aromatic rings. The summed E-state index contributed by atoms with van der Waals surface area (Å²) in [6, 6.07) is 8.07. The highest BCUT2D eigenvalue weighted by molar-refractivity contribution is 7.99. The van der Waals surface area contributed by atoms with Gasteiger partial charge < -0.3 is 9.47 Å². The average molecular weight is 495 g/mol. The van der Waals surface area contributed by atoms with Crippen LogP contribution in [0.15, 0.2) is 29.2 Å². The van der Waals surface area contributed by atoms with Crippen LogP contribution in [0.3, 0.4) is 0 Å². The number of carbonyl (C=O) groups is 1. The van der Waals surface area contributed by atoms with E-state index in [4.69, 9.17) is 9.47 Å². The Kier molecular flexibility index (Phi) is 10.5. The second-order valence-corrected chi connectivity index (χ2v) is 10.1. The number of fused-ring (bicyclic) bond motifs is 1. The fourth-order valence-corrected chi connectivity index (χ4v) is 5.53. The molecule has 0 bridgehead atoms. The minimum atomic E-state index is -0.298. The Labute approximate surface area is 214 Å². The van der Waals surface area contributed by atoms with Gasteiger partial charge in [-0.2, -0.15) is 5.10 Å². The summed E-state index contributed by atoms with van der Waals surface area (Å²) in [5, 5.41) is 8.37. The molecule has 0 N–H and O–H groups in total. The second kappa shape index (κ2) is 13.5. The van der Waals surface area contributed by atoms with Crippen molar-refractivity contribution >= 4 is 17.7 Å². The third-order valence-electron chi connectivity index (χ3n) is 6.78. The number of esters is 1. The van der Waals surface area contributed by atoms with Crippen LogP contribution in [-0.2, 0) is 21.4 Å². The van der Waals surface area contributed by atoms with E-state index in [2.05, 4.69) is 54.9 Å². The summed E-state index contributed by atoms with van der Waals surface area (Å²) in [4.78, 5) is 12.8. The highest BCUT2D eigenvalue weighted by Crippen LogP contribution is 2.46. The molecule has 0 radical (unpaired) electrons. The number of nitrogens with zero attached hydrogens (tertiary/aromatic N) is 2. The molecule has 1 aromatic heterocycles. The molecule has 2 heterocycles. The first-order valence-corrected chi connectivity index (χ1v) is 14.0. The van der Waals surface area contributed by atoms with Gasteiger partial charge in [0.25, 0.3) is 0 Å². The van der Waals surface area contributed by atoms with Crippen molar-refractivity contribution < 1.29 is 14.3 Å². The Bertz CT molecular complexity index is 1040. The normalized spacial score (nSPS) is 13.8. The molecule has 0 fully saturated rings. The zero-order valence-electron chi connectivity index (χ0n) is 21.6. The first kappa shape index (κ1) is 27.1. The number of unbranched alkanes of at least 4 members (excludes halogenated alkanes) is 3. The summed E-state index contributed by atoms with van der Waals surface area (Å²) >= 11 is 1.86. The minimum absolute atomic E-state index is 0.119. The quantitative estimate of drug-likeness (QED) is 0.154. The van der Waals surface area contributed by atoms with Gasteiger partial charge in [0.05, 0.1) is 25.3 Å². The smallest absolute Gasteiger partial charge is 0.311 e. The molecule has 0 aliphatic carbocycles. The number of hydrogen-bond acceptors (Lipinski definition) is 6. The van der Waals surface area contributed by atoms with Crippen molar-refractivity contribution in [2.45, 2.75) is 89.4 Å². The van der Waals surface area contributed by atoms with E-state index in [-0.39, 0.29) is 17.8 Å². The summed E-state index contributed by atoms with van der Waals surface area (Å²) in [6.45, 7) is 9.70. The first-order chi connectivity index (χ1) is 17.0. The van der Waals surface area contributed by atoms with Crippen LogP contribution in [0.2, 0.25) is 0 Å². The highest BCUT2D eigenvalue weighted by Gasteiger charge is 2.35. The van der Waals surface area contributed by atoms with Crippen LogP contribution < -0.4 is 4.74 Å². The number of benzene rings is 1. The van der Waals surface area contributed by atoms with E-state index in [1.54, 1.807) is 13.0 Å². The molecular formula is C29H38N2O3S. The van der Waals surface area contributed by atoms with E-state index < -0.39 is 0 Å². The van der Waals surface area contributed by atoms with Crippen molar-refractivity contribution in [3.05, 3.63) is 46.8 Å². The molecule has 5 nitrogen and oxygen atoms in total. The molecule has 3 rings (SSSR count). The van der Waals surface area contributed by atoms with E-state index in [1.165, 1.54) is 36.1 Å². The van der Waals surface area contributed by atoms with Gasteiger partial charge in [0.15, 0.2) is 0 Å². The molecule has 0 atom stereocenters. The van der Waals surface area contributed by atoms with Gasteiger partial charge in [0, 0.05) is 21.4 Å².